The molecule has 2 rings (SSSR count). The van der Waals surface area contributed by atoms with Crippen molar-refractivity contribution in [3.8, 4) is 0 Å². The fourth-order valence-corrected chi connectivity index (χ4v) is 1.43. The summed E-state index contributed by atoms with van der Waals surface area (Å²) >= 11 is 0. The molecule has 1 aromatic carbocycles. The lowest BCUT2D eigenvalue weighted by atomic mass is 10.1. The molecule has 2 aromatic rings. The Morgan fingerprint density at radius 1 is 1.11 bits per heavy atom. The summed E-state index contributed by atoms with van der Waals surface area (Å²) in [7, 11) is 1.99. The van der Waals surface area contributed by atoms with E-state index in [-0.39, 0.29) is 0 Å². The highest BCUT2D eigenvalue weighted by molar-refractivity contribution is 5.33. The molecule has 3 N–H and O–H groups in total. The van der Waals surface area contributed by atoms with E-state index in [1.54, 1.807) is 24.5 Å². The van der Waals surface area contributed by atoms with Crippen LogP contribution in [0.25, 0.3) is 0 Å². The number of pyridine rings is 1. The number of anilines is 1. The highest BCUT2D eigenvalue weighted by atomic mass is 14.8. The van der Waals surface area contributed by atoms with Gasteiger partial charge in [-0.05, 0) is 38.1 Å². The van der Waals surface area contributed by atoms with Crippen molar-refractivity contribution in [1.82, 2.24) is 10.3 Å². The highest BCUT2D eigenvalue weighted by Gasteiger charge is 1.97. The molecule has 0 unspecified atom stereocenters. The van der Waals surface area contributed by atoms with Gasteiger partial charge in [-0.15, -0.1) is 0 Å². The number of hydrogen-bond donors (Lipinski definition) is 2. The van der Waals surface area contributed by atoms with Crippen LogP contribution in [0, 0.1) is 0 Å². The van der Waals surface area contributed by atoms with Crippen molar-refractivity contribution in [1.29, 1.82) is 0 Å². The van der Waals surface area contributed by atoms with Crippen molar-refractivity contribution < 1.29 is 0 Å². The van der Waals surface area contributed by atoms with Gasteiger partial charge in [-0.3, -0.25) is 4.98 Å². The lowest BCUT2D eigenvalue weighted by Gasteiger charge is -2.08. The Labute approximate surface area is 109 Å². The molecule has 0 aliphatic heterocycles. The summed E-state index contributed by atoms with van der Waals surface area (Å²) in [6.45, 7) is 2.19. The van der Waals surface area contributed by atoms with Crippen LogP contribution < -0.4 is 11.1 Å². The minimum Gasteiger partial charge on any atom is -0.399 e. The van der Waals surface area contributed by atoms with E-state index in [0.29, 0.717) is 6.04 Å². The molecule has 0 fully saturated rings. The van der Waals surface area contributed by atoms with Gasteiger partial charge in [0.15, 0.2) is 0 Å². The molecule has 0 radical (unpaired) electrons. The first-order chi connectivity index (χ1) is 8.72. The zero-order chi connectivity index (χ0) is 13.2. The summed E-state index contributed by atoms with van der Waals surface area (Å²) in [5, 5.41) is 3.21. The minimum atomic E-state index is 0.567. The molecule has 1 atom stereocenters. The van der Waals surface area contributed by atoms with Gasteiger partial charge in [0.1, 0.15) is 0 Å². The molecule has 3 nitrogen and oxygen atoms in total. The van der Waals surface area contributed by atoms with E-state index in [2.05, 4.69) is 41.5 Å². The summed E-state index contributed by atoms with van der Waals surface area (Å²) < 4.78 is 0. The smallest absolute Gasteiger partial charge is 0.0344 e. The lowest BCUT2D eigenvalue weighted by Crippen LogP contribution is -2.23. The Morgan fingerprint density at radius 3 is 2.17 bits per heavy atom. The molecule has 1 aromatic heterocycles. The normalized spacial score (nSPS) is 11.2. The third-order valence-electron chi connectivity index (χ3n) is 2.58. The fraction of sp³-hybridized carbons (Fsp3) is 0.267. The monoisotopic (exact) mass is 243 g/mol. The molecule has 96 valence electrons. The van der Waals surface area contributed by atoms with Gasteiger partial charge >= 0.3 is 0 Å². The van der Waals surface area contributed by atoms with Gasteiger partial charge in [-0.1, -0.05) is 30.3 Å². The van der Waals surface area contributed by atoms with E-state index in [0.717, 1.165) is 12.1 Å². The number of hydrogen-bond acceptors (Lipinski definition) is 3. The van der Waals surface area contributed by atoms with Crippen LogP contribution in [0.15, 0.2) is 54.9 Å². The third-order valence-corrected chi connectivity index (χ3v) is 2.58. The predicted molar refractivity (Wildman–Crippen MR) is 77.3 cm³/mol. The third kappa shape index (κ3) is 6.01. The number of nitrogen functional groups attached to an aromatic ring is 1. The summed E-state index contributed by atoms with van der Waals surface area (Å²) in [5.41, 5.74) is 7.47. The molecule has 0 aliphatic rings. The van der Waals surface area contributed by atoms with Crippen molar-refractivity contribution >= 4 is 5.69 Å². The number of nitrogens with one attached hydrogen (secondary N) is 1. The van der Waals surface area contributed by atoms with E-state index in [9.17, 15) is 0 Å². The number of nitrogens with two attached hydrogens (primary N) is 1. The molecule has 0 saturated heterocycles. The molecular formula is C15H21N3. The molecule has 1 heterocycles. The first kappa shape index (κ1) is 14.2. The van der Waals surface area contributed by atoms with Crippen LogP contribution in [0.4, 0.5) is 5.69 Å². The van der Waals surface area contributed by atoms with Crippen LogP contribution in [0.2, 0.25) is 0 Å². The van der Waals surface area contributed by atoms with Crippen molar-refractivity contribution in [2.45, 2.75) is 19.4 Å². The highest BCUT2D eigenvalue weighted by Crippen LogP contribution is 2.01. The average molecular weight is 243 g/mol. The average Bonchev–Trinajstić information content (AvgIpc) is 2.41. The standard InChI is InChI=1S/C10H15N.C5H6N2/c1-9(11-2)8-10-6-4-3-5-7-10;6-5-1-3-7-4-2-5/h3-7,9,11H,8H2,1-2H3;1-4H,(H2,6,7)/t9-;/m0./s1. The maximum absolute atomic E-state index is 5.32. The molecule has 0 aliphatic carbocycles. The van der Waals surface area contributed by atoms with Gasteiger partial charge in [0.05, 0.1) is 0 Å². The van der Waals surface area contributed by atoms with E-state index in [1.807, 2.05) is 13.1 Å². The maximum Gasteiger partial charge on any atom is 0.0344 e. The van der Waals surface area contributed by atoms with E-state index in [4.69, 9.17) is 5.73 Å². The van der Waals surface area contributed by atoms with Gasteiger partial charge in [0.25, 0.3) is 0 Å². The Kier molecular flexibility index (Phi) is 6.51. The first-order valence-electron chi connectivity index (χ1n) is 6.09. The number of rotatable bonds is 3. The van der Waals surface area contributed by atoms with Crippen LogP contribution >= 0.6 is 0 Å². The van der Waals surface area contributed by atoms with Gasteiger partial charge in [0.2, 0.25) is 0 Å². The van der Waals surface area contributed by atoms with Crippen LogP contribution in [-0.4, -0.2) is 18.1 Å². The summed E-state index contributed by atoms with van der Waals surface area (Å²) in [4.78, 5) is 3.77. The second-order valence-corrected chi connectivity index (χ2v) is 4.16. The summed E-state index contributed by atoms with van der Waals surface area (Å²) in [5.74, 6) is 0. The van der Waals surface area contributed by atoms with Crippen molar-refractivity contribution in [3.63, 3.8) is 0 Å². The molecule has 0 bridgehead atoms. The molecule has 18 heavy (non-hydrogen) atoms. The van der Waals surface area contributed by atoms with Crippen molar-refractivity contribution in [2.24, 2.45) is 0 Å². The number of nitrogens with zero attached hydrogens (tertiary/aromatic N) is 1. The van der Waals surface area contributed by atoms with E-state index >= 15 is 0 Å². The Balaban J connectivity index is 0.000000199. The largest absolute Gasteiger partial charge is 0.399 e. The summed E-state index contributed by atoms with van der Waals surface area (Å²) in [6.07, 6.45) is 4.43. The van der Waals surface area contributed by atoms with Crippen LogP contribution in [0.5, 0.6) is 0 Å². The summed E-state index contributed by atoms with van der Waals surface area (Å²) in [6, 6.07) is 14.6. The number of aromatic nitrogens is 1. The fourth-order valence-electron chi connectivity index (χ4n) is 1.43. The zero-order valence-electron chi connectivity index (χ0n) is 11.0. The number of benzene rings is 1. The van der Waals surface area contributed by atoms with E-state index < -0.39 is 0 Å². The lowest BCUT2D eigenvalue weighted by molar-refractivity contribution is 0.608. The Bertz CT molecular complexity index is 414. The molecule has 0 amide bonds. The molecule has 0 saturated carbocycles. The van der Waals surface area contributed by atoms with Gasteiger partial charge in [0, 0.05) is 24.1 Å². The van der Waals surface area contributed by atoms with Gasteiger partial charge < -0.3 is 11.1 Å². The Morgan fingerprint density at radius 2 is 1.72 bits per heavy atom. The Hall–Kier alpha value is -1.87. The second-order valence-electron chi connectivity index (χ2n) is 4.16. The van der Waals surface area contributed by atoms with Gasteiger partial charge in [-0.2, -0.15) is 0 Å². The van der Waals surface area contributed by atoms with Crippen LogP contribution in [-0.2, 0) is 6.42 Å². The second kappa shape index (κ2) is 8.25. The first-order valence-corrected chi connectivity index (χ1v) is 6.09. The number of likely N-dealkylation sites (N-methyl/N-ethyl adjacent to an activating group) is 1. The molecule has 0 spiro atoms. The maximum atomic E-state index is 5.32. The van der Waals surface area contributed by atoms with Gasteiger partial charge in [-0.25, -0.2) is 0 Å². The van der Waals surface area contributed by atoms with E-state index in [1.165, 1.54) is 5.56 Å². The quantitative estimate of drug-likeness (QED) is 0.871. The molecule has 3 heteroatoms. The SMILES string of the molecule is CN[C@@H](C)Cc1ccccc1.Nc1ccncc1. The van der Waals surface area contributed by atoms with Crippen molar-refractivity contribution in [3.05, 3.63) is 60.4 Å². The van der Waals surface area contributed by atoms with Crippen LogP contribution in [0.3, 0.4) is 0 Å². The predicted octanol–water partition coefficient (Wildman–Crippen LogP) is 2.50. The minimum absolute atomic E-state index is 0.567. The topological polar surface area (TPSA) is 50.9 Å². The zero-order valence-corrected chi connectivity index (χ0v) is 11.0. The van der Waals surface area contributed by atoms with Crippen LogP contribution in [0.1, 0.15) is 12.5 Å². The van der Waals surface area contributed by atoms with Crippen molar-refractivity contribution in [2.75, 3.05) is 12.8 Å². The molecular weight excluding hydrogens is 222 g/mol.